The number of carbonyl (C=O) groups excluding carboxylic acids is 1. The second-order valence-electron chi connectivity index (χ2n) is 5.24. The molecule has 0 radical (unpaired) electrons. The molecule has 9 nitrogen and oxygen atoms in total. The van der Waals surface area contributed by atoms with Crippen molar-refractivity contribution in [2.24, 2.45) is 14.1 Å². The first kappa shape index (κ1) is 16.0. The van der Waals surface area contributed by atoms with Crippen LogP contribution in [0.3, 0.4) is 0 Å². The molecule has 0 unspecified atom stereocenters. The Kier molecular flexibility index (Phi) is 3.56. The maximum atomic E-state index is 12.4. The van der Waals surface area contributed by atoms with Crippen LogP contribution in [-0.4, -0.2) is 28.4 Å². The Morgan fingerprint density at radius 3 is 2.50 bits per heavy atom. The zero-order valence-corrected chi connectivity index (χ0v) is 13.9. The molecule has 1 amide bonds. The molecule has 2 aromatic heterocycles. The highest BCUT2D eigenvalue weighted by molar-refractivity contribution is 7.90. The van der Waals surface area contributed by atoms with Gasteiger partial charge in [0.2, 0.25) is 0 Å². The van der Waals surface area contributed by atoms with Crippen molar-refractivity contribution in [3.05, 3.63) is 46.5 Å². The molecule has 1 aromatic carbocycles. The predicted octanol–water partition coefficient (Wildman–Crippen LogP) is 0.292. The van der Waals surface area contributed by atoms with Crippen LogP contribution in [0.2, 0.25) is 0 Å². The molecule has 3 aromatic rings. The molecule has 2 heterocycles. The van der Waals surface area contributed by atoms with Crippen LogP contribution in [0, 0.1) is 6.92 Å². The summed E-state index contributed by atoms with van der Waals surface area (Å²) in [5.74, 6) is -0.646. The predicted molar refractivity (Wildman–Crippen MR) is 84.1 cm³/mol. The lowest BCUT2D eigenvalue weighted by molar-refractivity contribution is 0.0976. The molecule has 0 atom stereocenters. The minimum absolute atomic E-state index is 0.134. The van der Waals surface area contributed by atoms with E-state index in [9.17, 15) is 18.0 Å². The van der Waals surface area contributed by atoms with E-state index in [1.807, 2.05) is 4.72 Å². The van der Waals surface area contributed by atoms with E-state index in [1.54, 1.807) is 7.05 Å². The van der Waals surface area contributed by atoms with Gasteiger partial charge in [0.1, 0.15) is 6.26 Å². The van der Waals surface area contributed by atoms with E-state index in [1.165, 1.54) is 41.3 Å². The van der Waals surface area contributed by atoms with Gasteiger partial charge in [-0.05, 0) is 18.2 Å². The summed E-state index contributed by atoms with van der Waals surface area (Å²) in [6.07, 6.45) is 1.07. The molecule has 0 saturated heterocycles. The lowest BCUT2D eigenvalue weighted by Crippen LogP contribution is -2.30. The van der Waals surface area contributed by atoms with Crippen LogP contribution in [0.15, 0.2) is 38.6 Å². The van der Waals surface area contributed by atoms with Crippen LogP contribution in [0.4, 0.5) is 0 Å². The molecule has 0 aliphatic heterocycles. The average Bonchev–Trinajstić information content (AvgIpc) is 3.05. The molecule has 3 rings (SSSR count). The van der Waals surface area contributed by atoms with Crippen LogP contribution in [-0.2, 0) is 24.1 Å². The molecular formula is C14H14N4O5S. The van der Waals surface area contributed by atoms with Crippen LogP contribution in [0.25, 0.3) is 11.0 Å². The second-order valence-corrected chi connectivity index (χ2v) is 6.92. The maximum absolute atomic E-state index is 12.4. The monoisotopic (exact) mass is 350 g/mol. The molecule has 1 N–H and O–H groups in total. The Bertz CT molecular complexity index is 1120. The SMILES string of the molecule is Cc1nc(C(=O)NS(=O)(=O)c2ccc3c(c2)n(C)c(=O)n3C)co1. The Morgan fingerprint density at radius 1 is 1.21 bits per heavy atom. The summed E-state index contributed by atoms with van der Waals surface area (Å²) in [6, 6.07) is 4.17. The highest BCUT2D eigenvalue weighted by Gasteiger charge is 2.22. The number of nitrogens with one attached hydrogen (secondary N) is 1. The third kappa shape index (κ3) is 2.50. The summed E-state index contributed by atoms with van der Waals surface area (Å²) >= 11 is 0. The Balaban J connectivity index is 2.01. The highest BCUT2D eigenvalue weighted by atomic mass is 32.2. The Hall–Kier alpha value is -2.88. The number of sulfonamides is 1. The topological polar surface area (TPSA) is 116 Å². The van der Waals surface area contributed by atoms with Gasteiger partial charge in [-0.2, -0.15) is 0 Å². The summed E-state index contributed by atoms with van der Waals surface area (Å²) in [4.78, 5) is 27.5. The Labute approximate surface area is 136 Å². The quantitative estimate of drug-likeness (QED) is 0.726. The molecule has 0 aliphatic carbocycles. The normalized spacial score (nSPS) is 11.8. The van der Waals surface area contributed by atoms with Gasteiger partial charge in [0.05, 0.1) is 15.9 Å². The molecule has 0 fully saturated rings. The number of aryl methyl sites for hydroxylation is 3. The standard InChI is InChI=1S/C14H14N4O5S/c1-8-15-10(7-23-8)13(19)16-24(21,22)9-4-5-11-12(6-9)18(3)14(20)17(11)2/h4-7H,1-3H3,(H,16,19). The van der Waals surface area contributed by atoms with Crippen molar-refractivity contribution >= 4 is 27.0 Å². The fourth-order valence-corrected chi connectivity index (χ4v) is 3.34. The summed E-state index contributed by atoms with van der Waals surface area (Å²) in [5.41, 5.74) is 0.612. The third-order valence-corrected chi connectivity index (χ3v) is 4.96. The van der Waals surface area contributed by atoms with Gasteiger partial charge in [-0.3, -0.25) is 13.9 Å². The van der Waals surface area contributed by atoms with Gasteiger partial charge >= 0.3 is 5.69 Å². The number of aromatic nitrogens is 3. The zero-order chi connectivity index (χ0) is 17.6. The van der Waals surface area contributed by atoms with Gasteiger partial charge in [-0.1, -0.05) is 0 Å². The van der Waals surface area contributed by atoms with E-state index < -0.39 is 15.9 Å². The maximum Gasteiger partial charge on any atom is 0.328 e. The largest absolute Gasteiger partial charge is 0.448 e. The molecule has 126 valence electrons. The smallest absolute Gasteiger partial charge is 0.328 e. The van der Waals surface area contributed by atoms with Gasteiger partial charge in [0.25, 0.3) is 15.9 Å². The van der Waals surface area contributed by atoms with Gasteiger partial charge in [0, 0.05) is 21.0 Å². The molecule has 24 heavy (non-hydrogen) atoms. The minimum Gasteiger partial charge on any atom is -0.448 e. The van der Waals surface area contributed by atoms with E-state index >= 15 is 0 Å². The van der Waals surface area contributed by atoms with E-state index in [0.29, 0.717) is 11.0 Å². The Morgan fingerprint density at radius 2 is 1.88 bits per heavy atom. The summed E-state index contributed by atoms with van der Waals surface area (Å²) in [5, 5.41) is 0. The molecule has 0 aliphatic rings. The lowest BCUT2D eigenvalue weighted by Gasteiger charge is -2.06. The first-order valence-electron chi connectivity index (χ1n) is 6.85. The third-order valence-electron chi connectivity index (χ3n) is 3.63. The van der Waals surface area contributed by atoms with E-state index in [4.69, 9.17) is 4.42 Å². The van der Waals surface area contributed by atoms with Gasteiger partial charge < -0.3 is 4.42 Å². The fraction of sp³-hybridized carbons (Fsp3) is 0.214. The van der Waals surface area contributed by atoms with Gasteiger partial charge in [-0.25, -0.2) is 22.9 Å². The number of amides is 1. The number of fused-ring (bicyclic) bond motifs is 1. The summed E-state index contributed by atoms with van der Waals surface area (Å²) in [7, 11) is -0.986. The fourth-order valence-electron chi connectivity index (χ4n) is 2.35. The molecule has 10 heteroatoms. The summed E-state index contributed by atoms with van der Waals surface area (Å²) in [6.45, 7) is 1.54. The van der Waals surface area contributed by atoms with Crippen LogP contribution in [0.5, 0.6) is 0 Å². The van der Waals surface area contributed by atoms with Crippen molar-refractivity contribution < 1.29 is 17.6 Å². The molecule has 0 spiro atoms. The highest BCUT2D eigenvalue weighted by Crippen LogP contribution is 2.18. The molecular weight excluding hydrogens is 336 g/mol. The van der Waals surface area contributed by atoms with E-state index in [-0.39, 0.29) is 22.2 Å². The van der Waals surface area contributed by atoms with Crippen molar-refractivity contribution in [1.82, 2.24) is 18.8 Å². The van der Waals surface area contributed by atoms with Crippen molar-refractivity contribution in [2.75, 3.05) is 0 Å². The van der Waals surface area contributed by atoms with E-state index in [0.717, 1.165) is 6.26 Å². The van der Waals surface area contributed by atoms with Crippen molar-refractivity contribution in [2.45, 2.75) is 11.8 Å². The number of rotatable bonds is 3. The van der Waals surface area contributed by atoms with Gasteiger partial charge in [0.15, 0.2) is 11.6 Å². The van der Waals surface area contributed by atoms with Crippen LogP contribution in [0.1, 0.15) is 16.4 Å². The first-order valence-corrected chi connectivity index (χ1v) is 8.34. The van der Waals surface area contributed by atoms with E-state index in [2.05, 4.69) is 4.98 Å². The van der Waals surface area contributed by atoms with Crippen LogP contribution >= 0.6 is 0 Å². The first-order chi connectivity index (χ1) is 11.2. The molecule has 0 bridgehead atoms. The number of nitrogens with zero attached hydrogens (tertiary/aromatic N) is 3. The second kappa shape index (κ2) is 5.34. The minimum atomic E-state index is -4.12. The number of imidazole rings is 1. The van der Waals surface area contributed by atoms with Gasteiger partial charge in [-0.15, -0.1) is 0 Å². The van der Waals surface area contributed by atoms with Crippen LogP contribution < -0.4 is 10.4 Å². The number of hydrogen-bond donors (Lipinski definition) is 1. The number of hydrogen-bond acceptors (Lipinski definition) is 6. The number of benzene rings is 1. The number of oxazole rings is 1. The average molecular weight is 350 g/mol. The summed E-state index contributed by atoms with van der Waals surface area (Å²) < 4.78 is 34.3. The van der Waals surface area contributed by atoms with Crippen molar-refractivity contribution in [3.8, 4) is 0 Å². The number of carbonyl (C=O) groups is 1. The lowest BCUT2D eigenvalue weighted by atomic mass is 10.3. The van der Waals surface area contributed by atoms with Crippen molar-refractivity contribution in [3.63, 3.8) is 0 Å². The zero-order valence-electron chi connectivity index (χ0n) is 13.1. The van der Waals surface area contributed by atoms with Crippen molar-refractivity contribution in [1.29, 1.82) is 0 Å². The molecule has 0 saturated carbocycles.